The van der Waals surface area contributed by atoms with Gasteiger partial charge in [-0.15, -0.1) is 0 Å². The van der Waals surface area contributed by atoms with Gasteiger partial charge in [0.1, 0.15) is 22.9 Å². The summed E-state index contributed by atoms with van der Waals surface area (Å²) in [6.07, 6.45) is 1.42. The number of H-pyrrole nitrogens is 2. The highest BCUT2D eigenvalue weighted by Gasteiger charge is 2.19. The summed E-state index contributed by atoms with van der Waals surface area (Å²) in [4.78, 5) is 21.5. The number of hydrogen-bond donors (Lipinski definition) is 2. The lowest BCUT2D eigenvalue weighted by atomic mass is 9.94. The van der Waals surface area contributed by atoms with Crippen molar-refractivity contribution in [3.63, 3.8) is 0 Å². The SMILES string of the molecule is Cc1noc(C)c1-c1cc(-c2ccnc3c(F)ccc(F)c23)c2[nH]c(=O)[nH]c2c1. The molecule has 3 heterocycles. The normalized spacial score (nSPS) is 11.6. The standard InChI is InChI=1S/C21H14F2N4O2/c1-9-17(10(2)29-27-9)11-7-13(19-16(8-11)25-21(28)26-19)12-5-6-24-20-15(23)4-3-14(22)18(12)20/h3-8H,1-2H3,(H2,25,26,28). The first-order chi connectivity index (χ1) is 13.9. The maximum Gasteiger partial charge on any atom is 0.323 e. The molecule has 8 heteroatoms. The van der Waals surface area contributed by atoms with Crippen LogP contribution in [0.1, 0.15) is 11.5 Å². The monoisotopic (exact) mass is 392 g/mol. The summed E-state index contributed by atoms with van der Waals surface area (Å²) < 4.78 is 34.3. The molecule has 2 aromatic carbocycles. The number of fused-ring (bicyclic) bond motifs is 2. The van der Waals surface area contributed by atoms with E-state index < -0.39 is 17.3 Å². The smallest absolute Gasteiger partial charge is 0.323 e. The first-order valence-electron chi connectivity index (χ1n) is 8.86. The van der Waals surface area contributed by atoms with E-state index in [1.807, 2.05) is 6.92 Å². The lowest BCUT2D eigenvalue weighted by Crippen LogP contribution is -1.99. The van der Waals surface area contributed by atoms with E-state index in [4.69, 9.17) is 4.52 Å². The van der Waals surface area contributed by atoms with Crippen LogP contribution in [0.5, 0.6) is 0 Å². The highest BCUT2D eigenvalue weighted by Crippen LogP contribution is 2.38. The zero-order valence-electron chi connectivity index (χ0n) is 15.4. The Hall–Kier alpha value is -3.81. The van der Waals surface area contributed by atoms with Gasteiger partial charge in [0.2, 0.25) is 0 Å². The Morgan fingerprint density at radius 1 is 1.00 bits per heavy atom. The van der Waals surface area contributed by atoms with Gasteiger partial charge in [-0.3, -0.25) is 4.98 Å². The Balaban J connectivity index is 1.93. The summed E-state index contributed by atoms with van der Waals surface area (Å²) in [7, 11) is 0. The minimum absolute atomic E-state index is 0.0479. The number of imidazole rings is 1. The number of halogens is 2. The van der Waals surface area contributed by atoms with Crippen LogP contribution in [0.2, 0.25) is 0 Å². The molecular formula is C21H14F2N4O2. The van der Waals surface area contributed by atoms with Crippen molar-refractivity contribution in [3.05, 3.63) is 70.1 Å². The highest BCUT2D eigenvalue weighted by molar-refractivity contribution is 6.04. The maximum atomic E-state index is 14.7. The molecule has 29 heavy (non-hydrogen) atoms. The molecule has 0 spiro atoms. The van der Waals surface area contributed by atoms with Crippen molar-refractivity contribution in [2.45, 2.75) is 13.8 Å². The predicted molar refractivity (Wildman–Crippen MR) is 105 cm³/mol. The van der Waals surface area contributed by atoms with Crippen molar-refractivity contribution in [3.8, 4) is 22.3 Å². The highest BCUT2D eigenvalue weighted by atomic mass is 19.1. The summed E-state index contributed by atoms with van der Waals surface area (Å²) in [6.45, 7) is 3.60. The van der Waals surface area contributed by atoms with Gasteiger partial charge in [0.25, 0.3) is 0 Å². The second-order valence-corrected chi connectivity index (χ2v) is 6.84. The number of nitrogens with zero attached hydrogens (tertiary/aromatic N) is 2. The van der Waals surface area contributed by atoms with E-state index in [1.54, 1.807) is 25.1 Å². The molecule has 144 valence electrons. The van der Waals surface area contributed by atoms with Crippen molar-refractivity contribution >= 4 is 21.9 Å². The van der Waals surface area contributed by atoms with Crippen molar-refractivity contribution in [1.82, 2.24) is 20.1 Å². The van der Waals surface area contributed by atoms with Gasteiger partial charge in [0.05, 0.1) is 16.7 Å². The van der Waals surface area contributed by atoms with E-state index in [0.717, 1.165) is 23.3 Å². The predicted octanol–water partition coefficient (Wildman–Crippen LogP) is 4.62. The Kier molecular flexibility index (Phi) is 3.64. The number of rotatable bonds is 2. The first-order valence-corrected chi connectivity index (χ1v) is 8.86. The van der Waals surface area contributed by atoms with Crippen molar-refractivity contribution in [2.24, 2.45) is 0 Å². The summed E-state index contributed by atoms with van der Waals surface area (Å²) in [6, 6.07) is 7.31. The molecule has 0 saturated heterocycles. The maximum absolute atomic E-state index is 14.7. The van der Waals surface area contributed by atoms with Gasteiger partial charge in [0, 0.05) is 22.7 Å². The molecule has 0 fully saturated rings. The number of aromatic nitrogens is 4. The Bertz CT molecular complexity index is 1460. The molecule has 0 bridgehead atoms. The van der Waals surface area contributed by atoms with E-state index in [1.165, 1.54) is 6.20 Å². The van der Waals surface area contributed by atoms with E-state index in [-0.39, 0.29) is 10.9 Å². The lowest BCUT2D eigenvalue weighted by molar-refractivity contribution is 0.393. The molecule has 2 N–H and O–H groups in total. The van der Waals surface area contributed by atoms with Gasteiger partial charge in [-0.05, 0) is 55.3 Å². The lowest BCUT2D eigenvalue weighted by Gasteiger charge is -2.11. The van der Waals surface area contributed by atoms with Crippen LogP contribution in [0.15, 0.2) is 45.8 Å². The van der Waals surface area contributed by atoms with Crippen LogP contribution in [0.25, 0.3) is 44.2 Å². The fourth-order valence-corrected chi connectivity index (χ4v) is 3.81. The number of aryl methyl sites for hydroxylation is 2. The van der Waals surface area contributed by atoms with Crippen LogP contribution in [-0.4, -0.2) is 20.1 Å². The molecule has 0 saturated carbocycles. The van der Waals surface area contributed by atoms with Crippen LogP contribution in [0.4, 0.5) is 8.78 Å². The largest absolute Gasteiger partial charge is 0.361 e. The van der Waals surface area contributed by atoms with Gasteiger partial charge in [-0.2, -0.15) is 0 Å². The third-order valence-electron chi connectivity index (χ3n) is 5.03. The van der Waals surface area contributed by atoms with Crippen LogP contribution < -0.4 is 5.69 Å². The van der Waals surface area contributed by atoms with Gasteiger partial charge in [-0.25, -0.2) is 13.6 Å². The van der Waals surface area contributed by atoms with Gasteiger partial charge in [0.15, 0.2) is 0 Å². The van der Waals surface area contributed by atoms with E-state index >= 15 is 0 Å². The molecule has 6 nitrogen and oxygen atoms in total. The average molecular weight is 392 g/mol. The Morgan fingerprint density at radius 3 is 2.55 bits per heavy atom. The number of aromatic amines is 2. The molecule has 0 amide bonds. The summed E-state index contributed by atoms with van der Waals surface area (Å²) in [5.74, 6) is -0.607. The quantitative estimate of drug-likeness (QED) is 0.459. The molecule has 5 aromatic rings. The van der Waals surface area contributed by atoms with E-state index in [9.17, 15) is 13.6 Å². The van der Waals surface area contributed by atoms with Crippen LogP contribution in [0, 0.1) is 25.5 Å². The van der Waals surface area contributed by atoms with Crippen LogP contribution in [-0.2, 0) is 0 Å². The Morgan fingerprint density at radius 2 is 1.79 bits per heavy atom. The van der Waals surface area contributed by atoms with Crippen molar-refractivity contribution in [1.29, 1.82) is 0 Å². The average Bonchev–Trinajstić information content (AvgIpc) is 3.24. The fourth-order valence-electron chi connectivity index (χ4n) is 3.81. The molecule has 0 radical (unpaired) electrons. The molecule has 0 atom stereocenters. The molecule has 0 aliphatic rings. The third kappa shape index (κ3) is 2.56. The van der Waals surface area contributed by atoms with Crippen molar-refractivity contribution in [2.75, 3.05) is 0 Å². The van der Waals surface area contributed by atoms with Gasteiger partial charge in [-0.1, -0.05) is 5.16 Å². The minimum atomic E-state index is -0.621. The van der Waals surface area contributed by atoms with E-state index in [0.29, 0.717) is 33.6 Å². The molecular weight excluding hydrogens is 378 g/mol. The molecule has 0 aliphatic carbocycles. The second kappa shape index (κ2) is 6.10. The summed E-state index contributed by atoms with van der Waals surface area (Å²) in [5, 5.41) is 4.03. The fraction of sp³-hybridized carbons (Fsp3) is 0.0952. The van der Waals surface area contributed by atoms with Gasteiger partial charge < -0.3 is 14.5 Å². The zero-order valence-corrected chi connectivity index (χ0v) is 15.4. The molecule has 3 aromatic heterocycles. The molecule has 0 unspecified atom stereocenters. The molecule has 5 rings (SSSR count). The Labute approximate surface area is 162 Å². The summed E-state index contributed by atoms with van der Waals surface area (Å²) >= 11 is 0. The zero-order chi connectivity index (χ0) is 20.3. The topological polar surface area (TPSA) is 87.6 Å². The molecule has 0 aliphatic heterocycles. The van der Waals surface area contributed by atoms with Crippen molar-refractivity contribution < 1.29 is 13.3 Å². The van der Waals surface area contributed by atoms with E-state index in [2.05, 4.69) is 20.1 Å². The number of pyridine rings is 1. The van der Waals surface area contributed by atoms with Crippen LogP contribution >= 0.6 is 0 Å². The number of nitrogens with one attached hydrogen (secondary N) is 2. The van der Waals surface area contributed by atoms with Gasteiger partial charge >= 0.3 is 5.69 Å². The number of benzene rings is 2. The summed E-state index contributed by atoms with van der Waals surface area (Å²) in [5.41, 5.74) is 3.70. The third-order valence-corrected chi connectivity index (χ3v) is 5.03. The first kappa shape index (κ1) is 17.3. The minimum Gasteiger partial charge on any atom is -0.361 e. The number of hydrogen-bond acceptors (Lipinski definition) is 4. The second-order valence-electron chi connectivity index (χ2n) is 6.84. The van der Waals surface area contributed by atoms with Crippen LogP contribution in [0.3, 0.4) is 0 Å².